The number of nitrogens with one attached hydrogen (secondary N) is 1. The Morgan fingerprint density at radius 3 is 2.39 bits per heavy atom. The monoisotopic (exact) mass is 563 g/mol. The summed E-state index contributed by atoms with van der Waals surface area (Å²) in [7, 11) is -2.14. The Bertz CT molecular complexity index is 1200. The number of rotatable bonds is 12. The first kappa shape index (κ1) is 29.8. The van der Waals surface area contributed by atoms with Gasteiger partial charge < -0.3 is 15.0 Å². The third-order valence-electron chi connectivity index (χ3n) is 6.92. The third-order valence-corrected chi connectivity index (χ3v) is 8.47. The molecule has 0 aliphatic heterocycles. The van der Waals surface area contributed by atoms with Gasteiger partial charge in [-0.2, -0.15) is 0 Å². The number of hydrogen-bond acceptors (Lipinski definition) is 5. The van der Waals surface area contributed by atoms with Gasteiger partial charge in [0.15, 0.2) is 0 Å². The first-order chi connectivity index (χ1) is 18.1. The van der Waals surface area contributed by atoms with Crippen molar-refractivity contribution in [1.29, 1.82) is 0 Å². The predicted molar refractivity (Wildman–Crippen MR) is 151 cm³/mol. The molecule has 1 saturated carbocycles. The lowest BCUT2D eigenvalue weighted by Crippen LogP contribution is -2.50. The zero-order chi connectivity index (χ0) is 27.7. The van der Waals surface area contributed by atoms with E-state index < -0.39 is 16.1 Å². The number of para-hydroxylation sites is 2. The molecule has 2 amide bonds. The summed E-state index contributed by atoms with van der Waals surface area (Å²) < 4.78 is 31.8. The molecule has 1 aliphatic rings. The van der Waals surface area contributed by atoms with Crippen molar-refractivity contribution in [2.24, 2.45) is 0 Å². The van der Waals surface area contributed by atoms with Crippen LogP contribution in [0.15, 0.2) is 48.5 Å². The highest BCUT2D eigenvalue weighted by Crippen LogP contribution is 2.30. The predicted octanol–water partition coefficient (Wildman–Crippen LogP) is 4.76. The van der Waals surface area contributed by atoms with Crippen LogP contribution in [0.3, 0.4) is 0 Å². The molecule has 208 valence electrons. The Kier molecular flexibility index (Phi) is 10.8. The molecule has 0 radical (unpaired) electrons. The molecule has 0 saturated heterocycles. The number of nitrogens with zero attached hydrogens (tertiary/aromatic N) is 2. The van der Waals surface area contributed by atoms with E-state index in [2.05, 4.69) is 5.32 Å². The van der Waals surface area contributed by atoms with Gasteiger partial charge in [0.1, 0.15) is 11.8 Å². The van der Waals surface area contributed by atoms with Crippen molar-refractivity contribution in [3.8, 4) is 5.75 Å². The van der Waals surface area contributed by atoms with Crippen molar-refractivity contribution in [1.82, 2.24) is 10.2 Å². The zero-order valence-corrected chi connectivity index (χ0v) is 23.9. The van der Waals surface area contributed by atoms with E-state index in [1.807, 2.05) is 18.2 Å². The molecule has 10 heteroatoms. The highest BCUT2D eigenvalue weighted by Gasteiger charge is 2.29. The first-order valence-corrected chi connectivity index (χ1v) is 15.3. The minimum atomic E-state index is -3.62. The van der Waals surface area contributed by atoms with Crippen molar-refractivity contribution >= 4 is 39.1 Å². The largest absolute Gasteiger partial charge is 0.495 e. The maximum atomic E-state index is 13.5. The Morgan fingerprint density at radius 2 is 1.74 bits per heavy atom. The normalized spacial score (nSPS) is 14.9. The van der Waals surface area contributed by atoms with Gasteiger partial charge in [-0.05, 0) is 49.9 Å². The highest BCUT2D eigenvalue weighted by atomic mass is 35.5. The van der Waals surface area contributed by atoms with Gasteiger partial charge in [0.05, 0.1) is 19.1 Å². The van der Waals surface area contributed by atoms with E-state index in [9.17, 15) is 18.0 Å². The van der Waals surface area contributed by atoms with Crippen LogP contribution in [-0.4, -0.2) is 57.1 Å². The van der Waals surface area contributed by atoms with Crippen molar-refractivity contribution < 1.29 is 22.7 Å². The molecule has 1 atom stereocenters. The molecule has 0 heterocycles. The van der Waals surface area contributed by atoms with E-state index in [4.69, 9.17) is 16.3 Å². The van der Waals surface area contributed by atoms with E-state index in [-0.39, 0.29) is 43.8 Å². The van der Waals surface area contributed by atoms with Gasteiger partial charge in [0.25, 0.3) is 0 Å². The lowest BCUT2D eigenvalue weighted by molar-refractivity contribution is -0.141. The second-order valence-corrected chi connectivity index (χ2v) is 12.1. The maximum absolute atomic E-state index is 13.5. The van der Waals surface area contributed by atoms with E-state index in [0.29, 0.717) is 16.5 Å². The Hall–Kier alpha value is -2.78. The van der Waals surface area contributed by atoms with E-state index in [1.165, 1.54) is 22.7 Å². The summed E-state index contributed by atoms with van der Waals surface area (Å²) in [6, 6.07) is 13.5. The Morgan fingerprint density at radius 1 is 1.08 bits per heavy atom. The van der Waals surface area contributed by atoms with E-state index in [1.54, 1.807) is 37.3 Å². The van der Waals surface area contributed by atoms with Crippen molar-refractivity contribution in [3.05, 3.63) is 59.1 Å². The quantitative estimate of drug-likeness (QED) is 0.401. The summed E-state index contributed by atoms with van der Waals surface area (Å²) >= 11 is 6.38. The van der Waals surface area contributed by atoms with E-state index in [0.717, 1.165) is 37.5 Å². The standard InChI is InChI=1S/C28H38ClN3O5S/c1-21(28(34)30-23-13-5-4-6-14-23)31(20-22-12-7-8-15-24(22)29)27(33)18-11-19-32(38(3,35)36)25-16-9-10-17-26(25)37-2/h7-10,12,15-17,21,23H,4-6,11,13-14,18-20H2,1-3H3,(H,30,34)/t21-/m1/s1. The Balaban J connectivity index is 1.74. The minimum absolute atomic E-state index is 0.0622. The van der Waals surface area contributed by atoms with Crippen molar-refractivity contribution in [2.75, 3.05) is 24.2 Å². The summed E-state index contributed by atoms with van der Waals surface area (Å²) in [5.74, 6) is -0.00798. The molecule has 0 aromatic heterocycles. The van der Waals surface area contributed by atoms with Crippen LogP contribution in [0.2, 0.25) is 5.02 Å². The fraction of sp³-hybridized carbons (Fsp3) is 0.500. The van der Waals surface area contributed by atoms with Gasteiger partial charge in [-0.25, -0.2) is 8.42 Å². The molecule has 2 aromatic rings. The van der Waals surface area contributed by atoms with Gasteiger partial charge in [-0.15, -0.1) is 0 Å². The average Bonchev–Trinajstić information content (AvgIpc) is 2.90. The van der Waals surface area contributed by atoms with Crippen LogP contribution in [-0.2, 0) is 26.2 Å². The molecule has 1 aliphatic carbocycles. The van der Waals surface area contributed by atoms with Crippen LogP contribution in [0.5, 0.6) is 5.75 Å². The van der Waals surface area contributed by atoms with Gasteiger partial charge in [-0.3, -0.25) is 13.9 Å². The third kappa shape index (κ3) is 8.11. The zero-order valence-electron chi connectivity index (χ0n) is 22.4. The molecular weight excluding hydrogens is 526 g/mol. The first-order valence-electron chi connectivity index (χ1n) is 13.1. The average molecular weight is 564 g/mol. The van der Waals surface area contributed by atoms with Crippen molar-refractivity contribution in [3.63, 3.8) is 0 Å². The number of benzene rings is 2. The fourth-order valence-corrected chi connectivity index (χ4v) is 5.94. The number of anilines is 1. The van der Waals surface area contributed by atoms with Crippen LogP contribution >= 0.6 is 11.6 Å². The topological polar surface area (TPSA) is 96.0 Å². The van der Waals surface area contributed by atoms with Gasteiger partial charge in [0, 0.05) is 30.6 Å². The molecule has 38 heavy (non-hydrogen) atoms. The lowest BCUT2D eigenvalue weighted by atomic mass is 9.95. The van der Waals surface area contributed by atoms with Crippen LogP contribution in [0.25, 0.3) is 0 Å². The molecule has 0 spiro atoms. The number of methoxy groups -OCH3 is 1. The number of amides is 2. The van der Waals surface area contributed by atoms with Gasteiger partial charge >= 0.3 is 0 Å². The second kappa shape index (κ2) is 13.8. The maximum Gasteiger partial charge on any atom is 0.242 e. The summed E-state index contributed by atoms with van der Waals surface area (Å²) in [5, 5.41) is 3.63. The molecule has 2 aromatic carbocycles. The fourth-order valence-electron chi connectivity index (χ4n) is 4.78. The Labute approximate surface area is 231 Å². The molecule has 3 rings (SSSR count). The number of halogens is 1. The number of ether oxygens (including phenoxy) is 1. The van der Waals surface area contributed by atoms with Crippen LogP contribution in [0.4, 0.5) is 5.69 Å². The van der Waals surface area contributed by atoms with Crippen LogP contribution < -0.4 is 14.4 Å². The SMILES string of the molecule is COc1ccccc1N(CCCC(=O)N(Cc1ccccc1Cl)[C@H](C)C(=O)NC1CCCCC1)S(C)(=O)=O. The molecule has 1 fully saturated rings. The summed E-state index contributed by atoms with van der Waals surface area (Å²) in [4.78, 5) is 28.2. The molecule has 0 unspecified atom stereocenters. The molecular formula is C28H38ClN3O5S. The summed E-state index contributed by atoms with van der Waals surface area (Å²) in [6.45, 7) is 2.00. The molecule has 1 N–H and O–H groups in total. The molecule has 8 nitrogen and oxygen atoms in total. The van der Waals surface area contributed by atoms with E-state index >= 15 is 0 Å². The number of carbonyl (C=O) groups excluding carboxylic acids is 2. The second-order valence-electron chi connectivity index (χ2n) is 9.74. The van der Waals surface area contributed by atoms with Crippen LogP contribution in [0, 0.1) is 0 Å². The number of carbonyl (C=O) groups is 2. The summed E-state index contributed by atoms with van der Waals surface area (Å²) in [5.41, 5.74) is 1.16. The molecule has 0 bridgehead atoms. The van der Waals surface area contributed by atoms with Gasteiger partial charge in [-0.1, -0.05) is 61.2 Å². The highest BCUT2D eigenvalue weighted by molar-refractivity contribution is 7.92. The number of sulfonamides is 1. The minimum Gasteiger partial charge on any atom is -0.495 e. The summed E-state index contributed by atoms with van der Waals surface area (Å²) in [6.07, 6.45) is 6.70. The lowest BCUT2D eigenvalue weighted by Gasteiger charge is -2.32. The smallest absolute Gasteiger partial charge is 0.242 e. The van der Waals surface area contributed by atoms with Crippen molar-refractivity contribution in [2.45, 2.75) is 70.5 Å². The van der Waals surface area contributed by atoms with Crippen LogP contribution in [0.1, 0.15) is 57.4 Å². The number of hydrogen-bond donors (Lipinski definition) is 1. The van der Waals surface area contributed by atoms with Gasteiger partial charge in [0.2, 0.25) is 21.8 Å².